The van der Waals surface area contributed by atoms with E-state index in [1.165, 1.54) is 4.90 Å². The molecule has 6 heteroatoms. The number of carbonyl (C=O) groups is 2. The van der Waals surface area contributed by atoms with E-state index in [-0.39, 0.29) is 5.56 Å². The third-order valence-corrected chi connectivity index (χ3v) is 3.33. The third-order valence-electron chi connectivity index (χ3n) is 3.33. The monoisotopic (exact) mass is 311 g/mol. The maximum Gasteiger partial charge on any atom is 0.410 e. The molecule has 1 aliphatic rings. The highest BCUT2D eigenvalue weighted by Crippen LogP contribution is 2.24. The number of benzene rings is 1. The lowest BCUT2D eigenvalue weighted by molar-refractivity contribution is 0.0222. The highest BCUT2D eigenvalue weighted by molar-refractivity contribution is 6.01. The van der Waals surface area contributed by atoms with Gasteiger partial charge in [0.25, 0.3) is 0 Å². The van der Waals surface area contributed by atoms with E-state index in [1.54, 1.807) is 20.8 Å². The lowest BCUT2D eigenvalue weighted by Gasteiger charge is -2.28. The Hall–Kier alpha value is -1.98. The highest BCUT2D eigenvalue weighted by atomic mass is 19.1. The molecule has 2 rings (SSSR count). The second kappa shape index (κ2) is 6.02. The van der Waals surface area contributed by atoms with E-state index in [2.05, 4.69) is 0 Å². The topological polar surface area (TPSA) is 46.6 Å². The Morgan fingerprint density at radius 1 is 1.18 bits per heavy atom. The van der Waals surface area contributed by atoms with Gasteiger partial charge in [-0.1, -0.05) is 0 Å². The van der Waals surface area contributed by atoms with Gasteiger partial charge in [-0.25, -0.2) is 13.6 Å². The predicted molar refractivity (Wildman–Crippen MR) is 76.7 cm³/mol. The molecule has 0 spiro atoms. The van der Waals surface area contributed by atoms with Gasteiger partial charge in [-0.15, -0.1) is 0 Å². The fraction of sp³-hybridized carbons (Fsp3) is 0.500. The number of amides is 1. The molecule has 120 valence electrons. The van der Waals surface area contributed by atoms with Crippen LogP contribution in [0.5, 0.6) is 0 Å². The average Bonchev–Trinajstić information content (AvgIpc) is 2.83. The summed E-state index contributed by atoms with van der Waals surface area (Å²) in [6.45, 7) is 5.60. The molecule has 1 fully saturated rings. The van der Waals surface area contributed by atoms with Gasteiger partial charge in [-0.05, 0) is 45.7 Å². The van der Waals surface area contributed by atoms with E-state index in [1.807, 2.05) is 0 Å². The molecular formula is C16H19F2NO3. The number of ether oxygens (including phenoxy) is 1. The lowest BCUT2D eigenvalue weighted by atomic mass is 10.0. The first-order valence-electron chi connectivity index (χ1n) is 7.17. The quantitative estimate of drug-likeness (QED) is 0.785. The molecule has 1 saturated heterocycles. The number of halogens is 2. The standard InChI is InChI=1S/C16H19F2NO3/c1-16(2,3)22-15(21)19-6-4-5-13(19)14(20)10-7-11(17)9-12(18)8-10/h7-9,13H,4-6H2,1-3H3/t13-/m1/s1. The Morgan fingerprint density at radius 2 is 1.77 bits per heavy atom. The SMILES string of the molecule is CC(C)(C)OC(=O)N1CCC[C@@H]1C(=O)c1cc(F)cc(F)c1. The first kappa shape index (κ1) is 16.4. The summed E-state index contributed by atoms with van der Waals surface area (Å²) in [4.78, 5) is 25.9. The number of likely N-dealkylation sites (tertiary alicyclic amines) is 1. The van der Waals surface area contributed by atoms with Crippen LogP contribution in [0.15, 0.2) is 18.2 Å². The number of carbonyl (C=O) groups excluding carboxylic acids is 2. The molecule has 0 unspecified atom stereocenters. The molecule has 1 aromatic carbocycles. The van der Waals surface area contributed by atoms with Crippen molar-refractivity contribution in [3.8, 4) is 0 Å². The van der Waals surface area contributed by atoms with Gasteiger partial charge in [0.15, 0.2) is 5.78 Å². The molecule has 22 heavy (non-hydrogen) atoms. The summed E-state index contributed by atoms with van der Waals surface area (Å²) < 4.78 is 31.8. The minimum absolute atomic E-state index is 0.0713. The Balaban J connectivity index is 2.19. The van der Waals surface area contributed by atoms with Crippen LogP contribution in [0.3, 0.4) is 0 Å². The Kier molecular flexibility index (Phi) is 4.49. The summed E-state index contributed by atoms with van der Waals surface area (Å²) in [5.74, 6) is -2.10. The van der Waals surface area contributed by atoms with Crippen molar-refractivity contribution in [1.29, 1.82) is 0 Å². The molecule has 1 amide bonds. The Morgan fingerprint density at radius 3 is 2.32 bits per heavy atom. The number of hydrogen-bond acceptors (Lipinski definition) is 3. The van der Waals surface area contributed by atoms with Crippen LogP contribution in [0.2, 0.25) is 0 Å². The van der Waals surface area contributed by atoms with E-state index in [0.717, 1.165) is 12.1 Å². The molecule has 0 bridgehead atoms. The normalized spacial score (nSPS) is 18.4. The zero-order chi connectivity index (χ0) is 16.5. The minimum Gasteiger partial charge on any atom is -0.444 e. The average molecular weight is 311 g/mol. The molecule has 1 aromatic rings. The smallest absolute Gasteiger partial charge is 0.410 e. The maximum atomic E-state index is 13.3. The van der Waals surface area contributed by atoms with Crippen LogP contribution >= 0.6 is 0 Å². The van der Waals surface area contributed by atoms with Gasteiger partial charge in [0.2, 0.25) is 0 Å². The molecule has 1 heterocycles. The van der Waals surface area contributed by atoms with E-state index in [9.17, 15) is 18.4 Å². The zero-order valence-corrected chi connectivity index (χ0v) is 12.9. The van der Waals surface area contributed by atoms with Crippen molar-refractivity contribution in [2.24, 2.45) is 0 Å². The van der Waals surface area contributed by atoms with Crippen LogP contribution in [0.25, 0.3) is 0 Å². The molecule has 0 aliphatic carbocycles. The molecule has 1 aliphatic heterocycles. The second-order valence-corrected chi connectivity index (χ2v) is 6.35. The van der Waals surface area contributed by atoms with Crippen molar-refractivity contribution in [2.75, 3.05) is 6.54 Å². The number of hydrogen-bond donors (Lipinski definition) is 0. The third kappa shape index (κ3) is 3.81. The van der Waals surface area contributed by atoms with Gasteiger partial charge in [-0.2, -0.15) is 0 Å². The van der Waals surface area contributed by atoms with Crippen molar-refractivity contribution < 1.29 is 23.1 Å². The highest BCUT2D eigenvalue weighted by Gasteiger charge is 2.37. The summed E-state index contributed by atoms with van der Waals surface area (Å²) in [6.07, 6.45) is 0.518. The van der Waals surface area contributed by atoms with E-state index in [4.69, 9.17) is 4.74 Å². The zero-order valence-electron chi connectivity index (χ0n) is 12.9. The lowest BCUT2D eigenvalue weighted by Crippen LogP contribution is -2.43. The van der Waals surface area contributed by atoms with Crippen molar-refractivity contribution in [3.05, 3.63) is 35.4 Å². The maximum absolute atomic E-state index is 13.3. The van der Waals surface area contributed by atoms with E-state index < -0.39 is 35.2 Å². The number of ketones is 1. The van der Waals surface area contributed by atoms with Gasteiger partial charge in [0.1, 0.15) is 17.2 Å². The number of Topliss-reactive ketones (excluding diaryl/α,β-unsaturated/α-hetero) is 1. The van der Waals surface area contributed by atoms with E-state index >= 15 is 0 Å². The minimum atomic E-state index is -0.815. The van der Waals surface area contributed by atoms with Crippen molar-refractivity contribution >= 4 is 11.9 Å². The first-order valence-corrected chi connectivity index (χ1v) is 7.17. The molecule has 0 radical (unpaired) electrons. The predicted octanol–water partition coefficient (Wildman–Crippen LogP) is 3.55. The summed E-state index contributed by atoms with van der Waals surface area (Å²) in [6, 6.07) is 1.93. The van der Waals surface area contributed by atoms with Gasteiger partial charge in [0.05, 0.1) is 6.04 Å². The molecule has 1 atom stereocenters. The molecule has 0 N–H and O–H groups in total. The van der Waals surface area contributed by atoms with Crippen molar-refractivity contribution in [2.45, 2.75) is 45.3 Å². The van der Waals surface area contributed by atoms with Crippen LogP contribution in [0.1, 0.15) is 44.0 Å². The molecule has 0 aromatic heterocycles. The molecule has 4 nitrogen and oxygen atoms in total. The van der Waals surface area contributed by atoms with Crippen LogP contribution in [0.4, 0.5) is 13.6 Å². The first-order chi connectivity index (χ1) is 10.2. The fourth-order valence-electron chi connectivity index (χ4n) is 2.47. The Labute approximate surface area is 128 Å². The van der Waals surface area contributed by atoms with Gasteiger partial charge in [0, 0.05) is 18.2 Å². The summed E-state index contributed by atoms with van der Waals surface area (Å²) in [5, 5.41) is 0. The fourth-order valence-corrected chi connectivity index (χ4v) is 2.47. The number of rotatable bonds is 2. The van der Waals surface area contributed by atoms with Gasteiger partial charge in [-0.3, -0.25) is 9.69 Å². The molecular weight excluding hydrogens is 292 g/mol. The van der Waals surface area contributed by atoms with Gasteiger partial charge >= 0.3 is 6.09 Å². The summed E-state index contributed by atoms with van der Waals surface area (Å²) >= 11 is 0. The van der Waals surface area contributed by atoms with Crippen molar-refractivity contribution in [1.82, 2.24) is 4.90 Å². The summed E-state index contributed by atoms with van der Waals surface area (Å²) in [7, 11) is 0. The van der Waals surface area contributed by atoms with Crippen LogP contribution in [0, 0.1) is 11.6 Å². The van der Waals surface area contributed by atoms with Gasteiger partial charge < -0.3 is 4.74 Å². The summed E-state index contributed by atoms with van der Waals surface area (Å²) in [5.41, 5.74) is -0.740. The van der Waals surface area contributed by atoms with Crippen LogP contribution in [-0.2, 0) is 4.74 Å². The number of nitrogens with zero attached hydrogens (tertiary/aromatic N) is 1. The largest absolute Gasteiger partial charge is 0.444 e. The van der Waals surface area contributed by atoms with Crippen molar-refractivity contribution in [3.63, 3.8) is 0 Å². The van der Waals surface area contributed by atoms with E-state index in [0.29, 0.717) is 25.5 Å². The molecule has 0 saturated carbocycles. The van der Waals surface area contributed by atoms with Crippen LogP contribution in [-0.4, -0.2) is 35.0 Å². The Bertz CT molecular complexity index is 575. The second-order valence-electron chi connectivity index (χ2n) is 6.35. The van der Waals surface area contributed by atoms with Crippen LogP contribution < -0.4 is 0 Å².